The number of hydrogen-bond donors (Lipinski definition) is 2. The van der Waals surface area contributed by atoms with Crippen LogP contribution in [0.15, 0.2) is 121 Å². The first-order valence-corrected chi connectivity index (χ1v) is 17.2. The lowest BCUT2D eigenvalue weighted by Crippen LogP contribution is -2.45. The number of carbonyl (C=O) groups is 2. The van der Waals surface area contributed by atoms with Crippen molar-refractivity contribution in [3.63, 3.8) is 0 Å². The van der Waals surface area contributed by atoms with E-state index in [0.717, 1.165) is 35.2 Å². The Bertz CT molecular complexity index is 1540. The van der Waals surface area contributed by atoms with Gasteiger partial charge < -0.3 is 10.4 Å². The zero-order valence-electron chi connectivity index (χ0n) is 24.9. The highest BCUT2D eigenvalue weighted by molar-refractivity contribution is 7.97. The number of rotatable bonds is 13. The molecule has 44 heavy (non-hydrogen) atoms. The molecule has 4 aromatic rings. The van der Waals surface area contributed by atoms with E-state index in [1.165, 1.54) is 24.8 Å². The first-order valence-electron chi connectivity index (χ1n) is 15.4. The van der Waals surface area contributed by atoms with Crippen molar-refractivity contribution in [3.8, 4) is 6.07 Å². The molecule has 1 aliphatic carbocycles. The molecule has 0 saturated heterocycles. The lowest BCUT2D eigenvalue weighted by atomic mass is 9.63. The topological polar surface area (TPSA) is 90.2 Å². The number of Topliss-reactive ketones (excluding diaryl/α,β-unsaturated/α-hetero) is 1. The lowest BCUT2D eigenvalue weighted by Gasteiger charge is -2.42. The van der Waals surface area contributed by atoms with Crippen LogP contribution < -0.4 is 21.2 Å². The minimum Gasteiger partial charge on any atom is -0.465 e. The van der Waals surface area contributed by atoms with Gasteiger partial charge in [-0.1, -0.05) is 141 Å². The molecule has 1 amide bonds. The van der Waals surface area contributed by atoms with Crippen LogP contribution in [0.3, 0.4) is 0 Å². The normalized spacial score (nSPS) is 14.4. The molecule has 0 heterocycles. The summed E-state index contributed by atoms with van der Waals surface area (Å²) in [5.41, 5.74) is 1.63. The highest BCUT2D eigenvalue weighted by Crippen LogP contribution is 2.48. The van der Waals surface area contributed by atoms with Gasteiger partial charge in [0.2, 0.25) is 0 Å². The van der Waals surface area contributed by atoms with Crippen molar-refractivity contribution in [1.29, 1.82) is 5.26 Å². The standard InChI is InChI=1S/C38H39N2O3P/c39-29-35(44(31-18-7-2-8-19-31,32-20-9-3-10-21-32)33-22-11-4-12-23-33)36(41)34(40-37(42)43)24-13-14-25-38(26-15-27-38)28-30-16-5-1-6-17-30/h1-12,16-23,34,40H,13-15,24-28H2,(H,42,43)/t34-/m0/s1. The van der Waals surface area contributed by atoms with Gasteiger partial charge in [0.05, 0.1) is 6.04 Å². The molecule has 0 aromatic heterocycles. The predicted octanol–water partition coefficient (Wildman–Crippen LogP) is 6.86. The maximum atomic E-state index is 14.5. The zero-order valence-corrected chi connectivity index (χ0v) is 25.8. The molecule has 0 unspecified atom stereocenters. The number of nitrogens with zero attached hydrogens (tertiary/aromatic N) is 1. The molecule has 0 bridgehead atoms. The van der Waals surface area contributed by atoms with Crippen LogP contribution in [0.1, 0.15) is 50.5 Å². The second-order valence-corrected chi connectivity index (χ2v) is 15.1. The molecule has 5 nitrogen and oxygen atoms in total. The number of carbonyl (C=O) groups excluding carboxylic acids is 1. The van der Waals surface area contributed by atoms with Crippen LogP contribution in [-0.4, -0.2) is 28.3 Å². The molecule has 5 rings (SSSR count). The zero-order chi connectivity index (χ0) is 30.8. The number of amides is 1. The van der Waals surface area contributed by atoms with Crippen molar-refractivity contribution < 1.29 is 14.7 Å². The average Bonchev–Trinajstić information content (AvgIpc) is 3.05. The summed E-state index contributed by atoms with van der Waals surface area (Å²) in [7, 11) is 0. The van der Waals surface area contributed by atoms with Crippen LogP contribution in [0.5, 0.6) is 0 Å². The fourth-order valence-electron chi connectivity index (χ4n) is 6.74. The second-order valence-electron chi connectivity index (χ2n) is 11.8. The third-order valence-corrected chi connectivity index (χ3v) is 13.2. The van der Waals surface area contributed by atoms with Gasteiger partial charge in [0, 0.05) is 0 Å². The van der Waals surface area contributed by atoms with E-state index in [2.05, 4.69) is 35.7 Å². The van der Waals surface area contributed by atoms with E-state index >= 15 is 0 Å². The lowest BCUT2D eigenvalue weighted by molar-refractivity contribution is -0.114. The molecule has 2 N–H and O–H groups in total. The fourth-order valence-corrected chi connectivity index (χ4v) is 10.9. The van der Waals surface area contributed by atoms with Crippen molar-refractivity contribution in [1.82, 2.24) is 5.32 Å². The Morgan fingerprint density at radius 1 is 0.773 bits per heavy atom. The van der Waals surface area contributed by atoms with Crippen molar-refractivity contribution >= 4 is 40.0 Å². The summed E-state index contributed by atoms with van der Waals surface area (Å²) in [5.74, 6) is -0.442. The van der Waals surface area contributed by atoms with Crippen LogP contribution in [0.2, 0.25) is 0 Å². The summed E-state index contributed by atoms with van der Waals surface area (Å²) >= 11 is 0. The van der Waals surface area contributed by atoms with Crippen molar-refractivity contribution in [2.24, 2.45) is 5.41 Å². The number of nitrogens with one attached hydrogen (secondary N) is 1. The van der Waals surface area contributed by atoms with Gasteiger partial charge in [-0.05, 0) is 65.9 Å². The molecule has 224 valence electrons. The Labute approximate surface area is 260 Å². The largest absolute Gasteiger partial charge is 0.465 e. The summed E-state index contributed by atoms with van der Waals surface area (Å²) < 4.78 is 0. The fraction of sp³-hybridized carbons (Fsp3) is 0.263. The third-order valence-electron chi connectivity index (χ3n) is 9.01. The molecule has 1 fully saturated rings. The Kier molecular flexibility index (Phi) is 10.2. The van der Waals surface area contributed by atoms with E-state index in [1.807, 2.05) is 97.1 Å². The van der Waals surface area contributed by atoms with E-state index in [1.54, 1.807) is 0 Å². The number of carboxylic acid groups (broad SMARTS) is 1. The van der Waals surface area contributed by atoms with Gasteiger partial charge >= 0.3 is 6.09 Å². The van der Waals surface area contributed by atoms with Crippen molar-refractivity contribution in [3.05, 3.63) is 127 Å². The first kappa shape index (κ1) is 31.0. The summed E-state index contributed by atoms with van der Waals surface area (Å²) in [6, 6.07) is 41.1. The Morgan fingerprint density at radius 3 is 1.66 bits per heavy atom. The SMILES string of the molecule is N#CC(C(=O)[C@H](CCCCC1(Cc2ccccc2)CCC1)NC(=O)O)=P(c1ccccc1)(c1ccccc1)c1ccccc1. The van der Waals surface area contributed by atoms with Gasteiger partial charge in [-0.15, -0.1) is 0 Å². The van der Waals surface area contributed by atoms with Crippen LogP contribution >= 0.6 is 6.89 Å². The molecule has 0 spiro atoms. The Morgan fingerprint density at radius 2 is 1.25 bits per heavy atom. The summed E-state index contributed by atoms with van der Waals surface area (Å²) in [4.78, 5) is 26.5. The van der Waals surface area contributed by atoms with Crippen LogP contribution in [0.25, 0.3) is 0 Å². The van der Waals surface area contributed by atoms with Crippen LogP contribution in [0, 0.1) is 16.7 Å². The minimum absolute atomic E-state index is 0.111. The van der Waals surface area contributed by atoms with E-state index in [9.17, 15) is 20.0 Å². The second kappa shape index (κ2) is 14.4. The van der Waals surface area contributed by atoms with E-state index < -0.39 is 24.8 Å². The molecule has 4 aromatic carbocycles. The molecule has 1 atom stereocenters. The first-order chi connectivity index (χ1) is 21.5. The van der Waals surface area contributed by atoms with Crippen LogP contribution in [-0.2, 0) is 11.2 Å². The number of ketones is 1. The van der Waals surface area contributed by atoms with Crippen molar-refractivity contribution in [2.75, 3.05) is 0 Å². The quantitative estimate of drug-likeness (QED) is 0.129. The molecule has 1 aliphatic rings. The smallest absolute Gasteiger partial charge is 0.405 e. The highest BCUT2D eigenvalue weighted by Gasteiger charge is 2.38. The number of unbranched alkanes of at least 4 members (excludes halogenated alkanes) is 1. The summed E-state index contributed by atoms with van der Waals surface area (Å²) in [6.45, 7) is -2.94. The average molecular weight is 603 g/mol. The predicted molar refractivity (Wildman–Crippen MR) is 181 cm³/mol. The Balaban J connectivity index is 1.50. The van der Waals surface area contributed by atoms with E-state index in [-0.39, 0.29) is 10.7 Å². The maximum Gasteiger partial charge on any atom is 0.405 e. The molecular formula is C38H39N2O3P. The molecule has 0 aliphatic heterocycles. The summed E-state index contributed by atoms with van der Waals surface area (Å²) in [6.07, 6.45) is 6.40. The van der Waals surface area contributed by atoms with Gasteiger partial charge in [-0.25, -0.2) is 4.79 Å². The van der Waals surface area contributed by atoms with Gasteiger partial charge in [-0.2, -0.15) is 5.26 Å². The van der Waals surface area contributed by atoms with E-state index in [0.29, 0.717) is 12.8 Å². The summed E-state index contributed by atoms with van der Waals surface area (Å²) in [5, 5.41) is 25.8. The molecule has 6 heteroatoms. The van der Waals surface area contributed by atoms with E-state index in [4.69, 9.17) is 0 Å². The third kappa shape index (κ3) is 6.72. The van der Waals surface area contributed by atoms with Gasteiger partial charge in [-0.3, -0.25) is 4.79 Å². The minimum atomic E-state index is -2.94. The Hall–Kier alpha value is -4.39. The maximum absolute atomic E-state index is 14.5. The number of benzene rings is 4. The number of nitriles is 1. The molecule has 1 saturated carbocycles. The number of hydrogen-bond acceptors (Lipinski definition) is 3. The molecular weight excluding hydrogens is 563 g/mol. The highest BCUT2D eigenvalue weighted by atomic mass is 31.2. The monoisotopic (exact) mass is 602 g/mol. The van der Waals surface area contributed by atoms with Crippen molar-refractivity contribution in [2.45, 2.75) is 57.4 Å². The van der Waals surface area contributed by atoms with Gasteiger partial charge in [0.25, 0.3) is 0 Å². The molecule has 0 radical (unpaired) electrons. The van der Waals surface area contributed by atoms with Crippen LogP contribution in [0.4, 0.5) is 4.79 Å². The van der Waals surface area contributed by atoms with Gasteiger partial charge in [0.15, 0.2) is 5.78 Å². The van der Waals surface area contributed by atoms with Gasteiger partial charge in [0.1, 0.15) is 11.4 Å².